The van der Waals surface area contributed by atoms with Crippen molar-refractivity contribution in [3.8, 4) is 5.69 Å². The highest BCUT2D eigenvalue weighted by Crippen LogP contribution is 2.26. The first-order valence-electron chi connectivity index (χ1n) is 8.47. The molecule has 1 aromatic carbocycles. The molecule has 1 N–H and O–H groups in total. The zero-order valence-electron chi connectivity index (χ0n) is 13.8. The second kappa shape index (κ2) is 7.88. The Balaban J connectivity index is 1.66. The van der Waals surface area contributed by atoms with Crippen LogP contribution in [0.3, 0.4) is 0 Å². The van der Waals surface area contributed by atoms with Crippen LogP contribution in [0.2, 0.25) is 0 Å². The summed E-state index contributed by atoms with van der Waals surface area (Å²) >= 11 is 3.45. The number of carbonyl (C=O) groups excluding carboxylic acids is 1. The van der Waals surface area contributed by atoms with E-state index in [0.717, 1.165) is 23.0 Å². The zero-order chi connectivity index (χ0) is 16.9. The van der Waals surface area contributed by atoms with E-state index in [0.29, 0.717) is 18.2 Å². The number of nitrogens with zero attached hydrogens (tertiary/aromatic N) is 4. The Morgan fingerprint density at radius 2 is 2.17 bits per heavy atom. The molecule has 2 aromatic rings. The summed E-state index contributed by atoms with van der Waals surface area (Å²) in [5.41, 5.74) is 0.859. The smallest absolute Gasteiger partial charge is 0.220 e. The van der Waals surface area contributed by atoms with Crippen LogP contribution in [0.5, 0.6) is 0 Å². The van der Waals surface area contributed by atoms with Crippen LogP contribution in [0, 0.1) is 5.92 Å². The molecule has 7 heteroatoms. The number of aromatic nitrogens is 4. The Morgan fingerprint density at radius 1 is 1.38 bits per heavy atom. The highest BCUT2D eigenvalue weighted by atomic mass is 79.9. The number of hydrogen-bond donors (Lipinski definition) is 1. The first kappa shape index (κ1) is 17.1. The molecule has 1 saturated carbocycles. The van der Waals surface area contributed by atoms with Crippen molar-refractivity contribution in [1.82, 2.24) is 25.5 Å². The van der Waals surface area contributed by atoms with E-state index in [-0.39, 0.29) is 11.9 Å². The maximum atomic E-state index is 12.3. The SMILES string of the molecule is CC(NC(=O)CC1CCCCC1)c1nnnn1-c1cccc(Br)c1. The minimum absolute atomic E-state index is 0.0817. The lowest BCUT2D eigenvalue weighted by Gasteiger charge is -2.22. The molecule has 0 spiro atoms. The molecule has 1 unspecified atom stereocenters. The van der Waals surface area contributed by atoms with Crippen LogP contribution in [0.15, 0.2) is 28.7 Å². The Labute approximate surface area is 150 Å². The maximum Gasteiger partial charge on any atom is 0.220 e. The normalized spacial score (nSPS) is 16.8. The Hall–Kier alpha value is -1.76. The number of nitrogens with one attached hydrogen (secondary N) is 1. The van der Waals surface area contributed by atoms with E-state index in [4.69, 9.17) is 0 Å². The molecule has 1 fully saturated rings. The Bertz CT molecular complexity index is 696. The van der Waals surface area contributed by atoms with Crippen LogP contribution < -0.4 is 5.32 Å². The lowest BCUT2D eigenvalue weighted by Crippen LogP contribution is -2.30. The third kappa shape index (κ3) is 4.20. The second-order valence-corrected chi connectivity index (χ2v) is 7.34. The van der Waals surface area contributed by atoms with Crippen molar-refractivity contribution in [2.45, 2.75) is 51.5 Å². The van der Waals surface area contributed by atoms with Gasteiger partial charge in [0.25, 0.3) is 0 Å². The van der Waals surface area contributed by atoms with Crippen molar-refractivity contribution < 1.29 is 4.79 Å². The van der Waals surface area contributed by atoms with E-state index in [1.807, 2.05) is 31.2 Å². The molecule has 1 atom stereocenters. The van der Waals surface area contributed by atoms with E-state index in [2.05, 4.69) is 36.8 Å². The third-order valence-electron chi connectivity index (χ3n) is 4.51. The molecule has 128 valence electrons. The van der Waals surface area contributed by atoms with Gasteiger partial charge < -0.3 is 5.32 Å². The monoisotopic (exact) mass is 391 g/mol. The van der Waals surface area contributed by atoms with Crippen molar-refractivity contribution in [2.75, 3.05) is 0 Å². The predicted molar refractivity (Wildman–Crippen MR) is 94.6 cm³/mol. The van der Waals surface area contributed by atoms with E-state index in [1.54, 1.807) is 4.68 Å². The van der Waals surface area contributed by atoms with E-state index >= 15 is 0 Å². The van der Waals surface area contributed by atoms with Crippen molar-refractivity contribution in [3.05, 3.63) is 34.6 Å². The van der Waals surface area contributed by atoms with Crippen molar-refractivity contribution in [3.63, 3.8) is 0 Å². The largest absolute Gasteiger partial charge is 0.346 e. The highest BCUT2D eigenvalue weighted by Gasteiger charge is 2.21. The average molecular weight is 392 g/mol. The fraction of sp³-hybridized carbons (Fsp3) is 0.529. The molecule has 0 saturated heterocycles. The number of tetrazole rings is 1. The molecule has 1 aliphatic carbocycles. The summed E-state index contributed by atoms with van der Waals surface area (Å²) in [5, 5.41) is 15.0. The van der Waals surface area contributed by atoms with Crippen LogP contribution in [-0.4, -0.2) is 26.1 Å². The summed E-state index contributed by atoms with van der Waals surface area (Å²) < 4.78 is 2.62. The quantitative estimate of drug-likeness (QED) is 0.845. The topological polar surface area (TPSA) is 72.7 Å². The molecule has 6 nitrogen and oxygen atoms in total. The van der Waals surface area contributed by atoms with Gasteiger partial charge in [0.2, 0.25) is 5.91 Å². The first-order valence-corrected chi connectivity index (χ1v) is 9.26. The molecule has 0 bridgehead atoms. The Kier molecular flexibility index (Phi) is 5.60. The molecule has 1 aliphatic rings. The van der Waals surface area contributed by atoms with Gasteiger partial charge in [0.05, 0.1) is 11.7 Å². The predicted octanol–water partition coefficient (Wildman–Crippen LogP) is 3.57. The van der Waals surface area contributed by atoms with Crippen LogP contribution in [0.25, 0.3) is 5.69 Å². The number of benzene rings is 1. The molecule has 0 aliphatic heterocycles. The van der Waals surface area contributed by atoms with Crippen LogP contribution in [-0.2, 0) is 4.79 Å². The molecule has 0 radical (unpaired) electrons. The first-order chi connectivity index (χ1) is 11.6. The zero-order valence-corrected chi connectivity index (χ0v) is 15.4. The van der Waals surface area contributed by atoms with Gasteiger partial charge in [-0.05, 0) is 54.3 Å². The van der Waals surface area contributed by atoms with Gasteiger partial charge in [0.1, 0.15) is 0 Å². The van der Waals surface area contributed by atoms with Gasteiger partial charge in [-0.3, -0.25) is 4.79 Å². The molecule has 1 amide bonds. The number of halogens is 1. The van der Waals surface area contributed by atoms with Crippen molar-refractivity contribution >= 4 is 21.8 Å². The fourth-order valence-electron chi connectivity index (χ4n) is 3.27. The van der Waals surface area contributed by atoms with Gasteiger partial charge >= 0.3 is 0 Å². The van der Waals surface area contributed by atoms with E-state index in [1.165, 1.54) is 19.3 Å². The number of carbonyl (C=O) groups is 1. The van der Waals surface area contributed by atoms with Gasteiger partial charge in [-0.1, -0.05) is 41.3 Å². The highest BCUT2D eigenvalue weighted by molar-refractivity contribution is 9.10. The van der Waals surface area contributed by atoms with Crippen LogP contribution >= 0.6 is 15.9 Å². The summed E-state index contributed by atoms with van der Waals surface area (Å²) in [4.78, 5) is 12.3. The summed E-state index contributed by atoms with van der Waals surface area (Å²) in [6, 6.07) is 7.51. The van der Waals surface area contributed by atoms with Crippen molar-refractivity contribution in [1.29, 1.82) is 0 Å². The summed E-state index contributed by atoms with van der Waals surface area (Å²) in [6.07, 6.45) is 6.72. The minimum atomic E-state index is -0.241. The lowest BCUT2D eigenvalue weighted by molar-refractivity contribution is -0.122. The summed E-state index contributed by atoms with van der Waals surface area (Å²) in [6.45, 7) is 1.92. The molecular formula is C17H22BrN5O. The van der Waals surface area contributed by atoms with Gasteiger partial charge in [0, 0.05) is 10.9 Å². The number of rotatable bonds is 5. The van der Waals surface area contributed by atoms with Crippen molar-refractivity contribution in [2.24, 2.45) is 5.92 Å². The number of hydrogen-bond acceptors (Lipinski definition) is 4. The van der Waals surface area contributed by atoms with Crippen LogP contribution in [0.4, 0.5) is 0 Å². The van der Waals surface area contributed by atoms with Gasteiger partial charge in [-0.2, -0.15) is 4.68 Å². The molecule has 24 heavy (non-hydrogen) atoms. The van der Waals surface area contributed by atoms with Gasteiger partial charge in [-0.15, -0.1) is 5.10 Å². The maximum absolute atomic E-state index is 12.3. The summed E-state index contributed by atoms with van der Waals surface area (Å²) in [7, 11) is 0. The molecule has 1 heterocycles. The summed E-state index contributed by atoms with van der Waals surface area (Å²) in [5.74, 6) is 1.23. The molecular weight excluding hydrogens is 370 g/mol. The van der Waals surface area contributed by atoms with E-state index < -0.39 is 0 Å². The average Bonchev–Trinajstić information content (AvgIpc) is 3.05. The Morgan fingerprint density at radius 3 is 2.92 bits per heavy atom. The van der Waals surface area contributed by atoms with Crippen LogP contribution in [0.1, 0.15) is 57.3 Å². The minimum Gasteiger partial charge on any atom is -0.346 e. The van der Waals surface area contributed by atoms with E-state index in [9.17, 15) is 4.79 Å². The number of amides is 1. The molecule has 1 aromatic heterocycles. The van der Waals surface area contributed by atoms with Gasteiger partial charge in [0.15, 0.2) is 5.82 Å². The lowest BCUT2D eigenvalue weighted by atomic mass is 9.87. The van der Waals surface area contributed by atoms with Gasteiger partial charge in [-0.25, -0.2) is 0 Å². The fourth-order valence-corrected chi connectivity index (χ4v) is 3.66. The molecule has 3 rings (SSSR count). The third-order valence-corrected chi connectivity index (χ3v) is 5.00. The standard InChI is InChI=1S/C17H22BrN5O/c1-12(19-16(24)10-13-6-3-2-4-7-13)17-20-21-22-23(17)15-9-5-8-14(18)11-15/h5,8-9,11-13H,2-4,6-7,10H2,1H3,(H,19,24). The second-order valence-electron chi connectivity index (χ2n) is 6.43.